The van der Waals surface area contributed by atoms with Crippen molar-refractivity contribution < 1.29 is 4.79 Å². The summed E-state index contributed by atoms with van der Waals surface area (Å²) in [5, 5.41) is 0. The van der Waals surface area contributed by atoms with Crippen LogP contribution in [0.2, 0.25) is 0 Å². The van der Waals surface area contributed by atoms with Gasteiger partial charge in [0.05, 0.1) is 0 Å². The number of rotatable bonds is 1. The molecule has 1 nitrogen and oxygen atoms in total. The average molecular weight is 232 g/mol. The number of hydrogen-bond donors (Lipinski definition) is 0. The predicted molar refractivity (Wildman–Crippen MR) is 69.7 cm³/mol. The molecule has 0 N–H and O–H groups in total. The van der Waals surface area contributed by atoms with Gasteiger partial charge in [-0.25, -0.2) is 0 Å². The molecule has 0 aromatic rings. The van der Waals surface area contributed by atoms with E-state index in [1.165, 1.54) is 24.8 Å². The second kappa shape index (κ2) is 3.24. The van der Waals surface area contributed by atoms with Crippen molar-refractivity contribution in [2.45, 2.75) is 59.8 Å². The Balaban J connectivity index is 2.01. The lowest BCUT2D eigenvalue weighted by molar-refractivity contribution is -0.117. The summed E-state index contributed by atoms with van der Waals surface area (Å²) in [6.07, 6.45) is 5.81. The minimum absolute atomic E-state index is 0.362. The van der Waals surface area contributed by atoms with Crippen molar-refractivity contribution >= 4 is 5.78 Å². The molecule has 3 atom stereocenters. The molecular weight excluding hydrogens is 208 g/mol. The zero-order valence-electron chi connectivity index (χ0n) is 11.6. The number of allylic oxidation sites excluding steroid dienone is 2. The first-order chi connectivity index (χ1) is 7.92. The predicted octanol–water partition coefficient (Wildman–Crippen LogP) is 4.13. The van der Waals surface area contributed by atoms with Gasteiger partial charge in [0.25, 0.3) is 0 Å². The van der Waals surface area contributed by atoms with Gasteiger partial charge in [-0.3, -0.25) is 4.79 Å². The van der Waals surface area contributed by atoms with Gasteiger partial charge < -0.3 is 0 Å². The first kappa shape index (κ1) is 11.5. The highest BCUT2D eigenvalue weighted by atomic mass is 16.1. The van der Waals surface area contributed by atoms with E-state index in [2.05, 4.69) is 27.7 Å². The van der Waals surface area contributed by atoms with Gasteiger partial charge in [-0.15, -0.1) is 0 Å². The van der Waals surface area contributed by atoms with Crippen molar-refractivity contribution in [2.24, 2.45) is 22.7 Å². The molecular formula is C16H24O. The second-order valence-electron chi connectivity index (χ2n) is 7.09. The summed E-state index contributed by atoms with van der Waals surface area (Å²) in [5.41, 5.74) is 3.62. The summed E-state index contributed by atoms with van der Waals surface area (Å²) in [5.74, 6) is 2.08. The first-order valence-electron chi connectivity index (χ1n) is 7.15. The lowest BCUT2D eigenvalue weighted by Gasteiger charge is -2.44. The molecule has 0 aromatic carbocycles. The highest BCUT2D eigenvalue weighted by molar-refractivity contribution is 5.96. The van der Waals surface area contributed by atoms with Gasteiger partial charge in [0.15, 0.2) is 5.78 Å². The lowest BCUT2D eigenvalue weighted by atomic mass is 9.59. The summed E-state index contributed by atoms with van der Waals surface area (Å²) in [4.78, 5) is 11.9. The molecule has 94 valence electrons. The van der Waals surface area contributed by atoms with E-state index in [0.29, 0.717) is 16.6 Å². The third-order valence-corrected chi connectivity index (χ3v) is 6.31. The molecule has 0 bridgehead atoms. The Kier molecular flexibility index (Phi) is 2.19. The molecule has 2 fully saturated rings. The van der Waals surface area contributed by atoms with E-state index in [0.717, 1.165) is 30.3 Å². The van der Waals surface area contributed by atoms with Crippen LogP contribution in [0.1, 0.15) is 59.8 Å². The van der Waals surface area contributed by atoms with Gasteiger partial charge in [-0.1, -0.05) is 26.3 Å². The quantitative estimate of drug-likeness (QED) is 0.664. The van der Waals surface area contributed by atoms with E-state index in [1.54, 1.807) is 0 Å². The van der Waals surface area contributed by atoms with Crippen molar-refractivity contribution in [3.05, 3.63) is 11.1 Å². The fourth-order valence-corrected chi connectivity index (χ4v) is 4.91. The van der Waals surface area contributed by atoms with Gasteiger partial charge in [0.2, 0.25) is 0 Å². The average Bonchev–Trinajstić information content (AvgIpc) is 3.02. The van der Waals surface area contributed by atoms with E-state index in [-0.39, 0.29) is 0 Å². The molecule has 0 amide bonds. The standard InChI is InChI=1S/C16H24O/c1-10(2)16-8-5-12-11(3)13(17)6-7-15(12,4)14(16)9-16/h10,14H,5-9H2,1-4H3/t14-,15+,16-/m1/s1. The van der Waals surface area contributed by atoms with Gasteiger partial charge in [0, 0.05) is 6.42 Å². The van der Waals surface area contributed by atoms with Crippen molar-refractivity contribution in [3.63, 3.8) is 0 Å². The van der Waals surface area contributed by atoms with Crippen LogP contribution in [0.3, 0.4) is 0 Å². The SMILES string of the molecule is CC1=C2CC[C@]3(C(C)C)C[C@@H]3[C@@]2(C)CCC1=O. The molecule has 0 unspecified atom stereocenters. The molecule has 3 rings (SSSR count). The molecule has 0 aromatic heterocycles. The van der Waals surface area contributed by atoms with Crippen LogP contribution >= 0.6 is 0 Å². The fraction of sp³-hybridized carbons (Fsp3) is 0.812. The Labute approximate surface area is 105 Å². The number of ketones is 1. The summed E-state index contributed by atoms with van der Waals surface area (Å²) in [7, 11) is 0. The fourth-order valence-electron chi connectivity index (χ4n) is 4.91. The van der Waals surface area contributed by atoms with Crippen LogP contribution < -0.4 is 0 Å². The largest absolute Gasteiger partial charge is 0.295 e. The van der Waals surface area contributed by atoms with Crippen LogP contribution in [-0.4, -0.2) is 5.78 Å². The van der Waals surface area contributed by atoms with Crippen LogP contribution in [0.4, 0.5) is 0 Å². The van der Waals surface area contributed by atoms with Gasteiger partial charge in [-0.2, -0.15) is 0 Å². The summed E-state index contributed by atoms with van der Waals surface area (Å²) in [6.45, 7) is 9.28. The lowest BCUT2D eigenvalue weighted by Crippen LogP contribution is -2.37. The van der Waals surface area contributed by atoms with Crippen molar-refractivity contribution in [1.82, 2.24) is 0 Å². The molecule has 0 heterocycles. The van der Waals surface area contributed by atoms with E-state index < -0.39 is 0 Å². The highest BCUT2D eigenvalue weighted by Crippen LogP contribution is 2.74. The van der Waals surface area contributed by atoms with E-state index in [4.69, 9.17) is 0 Å². The normalized spacial score (nSPS) is 44.8. The Bertz CT molecular complexity index is 417. The van der Waals surface area contributed by atoms with Crippen LogP contribution in [0.25, 0.3) is 0 Å². The van der Waals surface area contributed by atoms with E-state index in [9.17, 15) is 4.79 Å². The van der Waals surface area contributed by atoms with Crippen LogP contribution in [-0.2, 0) is 4.79 Å². The van der Waals surface area contributed by atoms with Gasteiger partial charge in [-0.05, 0) is 60.8 Å². The van der Waals surface area contributed by atoms with Crippen molar-refractivity contribution in [1.29, 1.82) is 0 Å². The maximum atomic E-state index is 11.9. The zero-order valence-corrected chi connectivity index (χ0v) is 11.6. The summed E-state index contributed by atoms with van der Waals surface area (Å²) < 4.78 is 0. The minimum Gasteiger partial charge on any atom is -0.295 e. The van der Waals surface area contributed by atoms with Gasteiger partial charge in [0.1, 0.15) is 0 Å². The smallest absolute Gasteiger partial charge is 0.158 e. The summed E-state index contributed by atoms with van der Waals surface area (Å²) >= 11 is 0. The Morgan fingerprint density at radius 2 is 1.94 bits per heavy atom. The topological polar surface area (TPSA) is 17.1 Å². The van der Waals surface area contributed by atoms with E-state index >= 15 is 0 Å². The molecule has 2 saturated carbocycles. The second-order valence-corrected chi connectivity index (χ2v) is 7.09. The van der Waals surface area contributed by atoms with Crippen molar-refractivity contribution in [3.8, 4) is 0 Å². The van der Waals surface area contributed by atoms with E-state index in [1.807, 2.05) is 0 Å². The Morgan fingerprint density at radius 1 is 1.24 bits per heavy atom. The maximum Gasteiger partial charge on any atom is 0.158 e. The molecule has 0 spiro atoms. The van der Waals surface area contributed by atoms with Crippen LogP contribution in [0.15, 0.2) is 11.1 Å². The van der Waals surface area contributed by atoms with Crippen molar-refractivity contribution in [2.75, 3.05) is 0 Å². The molecule has 3 aliphatic rings. The van der Waals surface area contributed by atoms with Crippen LogP contribution in [0, 0.1) is 22.7 Å². The minimum atomic E-state index is 0.362. The number of hydrogen-bond acceptors (Lipinski definition) is 1. The molecule has 0 saturated heterocycles. The molecule has 17 heavy (non-hydrogen) atoms. The Morgan fingerprint density at radius 3 is 2.59 bits per heavy atom. The molecule has 3 aliphatic carbocycles. The highest BCUT2D eigenvalue weighted by Gasteiger charge is 2.66. The number of carbonyl (C=O) groups is 1. The first-order valence-corrected chi connectivity index (χ1v) is 7.15. The number of fused-ring (bicyclic) bond motifs is 3. The Hall–Kier alpha value is -0.590. The molecule has 0 aliphatic heterocycles. The third-order valence-electron chi connectivity index (χ3n) is 6.31. The number of Topliss-reactive ketones (excluding diaryl/α,β-unsaturated/α-hetero) is 1. The number of carbonyl (C=O) groups excluding carboxylic acids is 1. The monoisotopic (exact) mass is 232 g/mol. The van der Waals surface area contributed by atoms with Gasteiger partial charge >= 0.3 is 0 Å². The van der Waals surface area contributed by atoms with Crippen LogP contribution in [0.5, 0.6) is 0 Å². The zero-order chi connectivity index (χ0) is 12.4. The third kappa shape index (κ3) is 1.29. The molecule has 1 heteroatoms. The molecule has 0 radical (unpaired) electrons. The summed E-state index contributed by atoms with van der Waals surface area (Å²) in [6, 6.07) is 0. The maximum absolute atomic E-state index is 11.9.